The van der Waals surface area contributed by atoms with Crippen molar-refractivity contribution in [3.05, 3.63) is 35.4 Å². The molecular formula is C13H19OSi. The van der Waals surface area contributed by atoms with Crippen molar-refractivity contribution >= 4 is 14.4 Å². The van der Waals surface area contributed by atoms with Gasteiger partial charge in [-0.2, -0.15) is 0 Å². The molecule has 0 N–H and O–H groups in total. The molecule has 0 saturated carbocycles. The maximum absolute atomic E-state index is 5.92. The number of allylic oxidation sites excluding steroid dienone is 1. The van der Waals surface area contributed by atoms with Crippen LogP contribution in [-0.4, -0.2) is 8.32 Å². The number of rotatable bonds is 3. The maximum atomic E-state index is 5.92. The fourth-order valence-electron chi connectivity index (χ4n) is 1.38. The van der Waals surface area contributed by atoms with Crippen LogP contribution in [0.25, 0.3) is 6.08 Å². The number of benzene rings is 1. The van der Waals surface area contributed by atoms with Gasteiger partial charge in [-0.25, -0.2) is 0 Å². The van der Waals surface area contributed by atoms with E-state index in [1.807, 2.05) is 19.1 Å². The van der Waals surface area contributed by atoms with Crippen molar-refractivity contribution in [1.29, 1.82) is 0 Å². The quantitative estimate of drug-likeness (QED) is 0.697. The van der Waals surface area contributed by atoms with Gasteiger partial charge in [0.15, 0.2) is 0 Å². The standard InChI is InChI=1S/C13H19OSi/c1-6-7-12-8-9-13(10-11(12)2)14-15(3,4)5/h7-10H,1-5H3. The number of aryl methyl sites for hydroxylation is 1. The first kappa shape index (κ1) is 12.0. The monoisotopic (exact) mass is 219 g/mol. The molecule has 15 heavy (non-hydrogen) atoms. The molecule has 0 aromatic heterocycles. The van der Waals surface area contributed by atoms with Crippen molar-refractivity contribution in [2.75, 3.05) is 0 Å². The summed E-state index contributed by atoms with van der Waals surface area (Å²) in [7, 11) is -1.48. The summed E-state index contributed by atoms with van der Waals surface area (Å²) in [4.78, 5) is 0. The molecule has 0 heterocycles. The highest BCUT2D eigenvalue weighted by Gasteiger charge is 2.16. The molecule has 1 nitrogen and oxygen atoms in total. The van der Waals surface area contributed by atoms with E-state index in [9.17, 15) is 0 Å². The summed E-state index contributed by atoms with van der Waals surface area (Å²) in [6, 6.07) is 6.22. The van der Waals surface area contributed by atoms with Gasteiger partial charge in [0.05, 0.1) is 0 Å². The molecule has 1 rings (SSSR count). The van der Waals surface area contributed by atoms with Crippen LogP contribution in [0.2, 0.25) is 19.6 Å². The van der Waals surface area contributed by atoms with Crippen LogP contribution in [-0.2, 0) is 0 Å². The lowest BCUT2D eigenvalue weighted by atomic mass is 10.1. The molecule has 0 atom stereocenters. The van der Waals surface area contributed by atoms with E-state index >= 15 is 0 Å². The van der Waals surface area contributed by atoms with Crippen LogP contribution in [0.5, 0.6) is 5.75 Å². The summed E-state index contributed by atoms with van der Waals surface area (Å²) in [6.45, 7) is 10.6. The highest BCUT2D eigenvalue weighted by Crippen LogP contribution is 2.21. The zero-order valence-corrected chi connectivity index (χ0v) is 11.2. The van der Waals surface area contributed by atoms with E-state index in [4.69, 9.17) is 4.43 Å². The molecule has 0 fully saturated rings. The smallest absolute Gasteiger partial charge is 0.242 e. The van der Waals surface area contributed by atoms with Gasteiger partial charge in [0.2, 0.25) is 8.32 Å². The molecule has 1 aromatic rings. The van der Waals surface area contributed by atoms with Crippen LogP contribution < -0.4 is 4.43 Å². The summed E-state index contributed by atoms with van der Waals surface area (Å²) in [5.74, 6) is 0.986. The first-order valence-corrected chi connectivity index (χ1v) is 8.63. The lowest BCUT2D eigenvalue weighted by Gasteiger charge is -2.19. The SMILES string of the molecule is C/[C]=C\c1ccc(O[Si](C)(C)C)cc1C. The molecule has 0 aliphatic rings. The molecule has 0 saturated heterocycles. The second-order valence-corrected chi connectivity index (χ2v) is 9.09. The van der Waals surface area contributed by atoms with Gasteiger partial charge in [-0.05, 0) is 62.8 Å². The van der Waals surface area contributed by atoms with E-state index in [1.165, 1.54) is 11.1 Å². The molecule has 0 aliphatic carbocycles. The minimum atomic E-state index is -1.48. The Labute approximate surface area is 93.9 Å². The molecule has 1 aromatic carbocycles. The summed E-state index contributed by atoms with van der Waals surface area (Å²) in [6.07, 6.45) is 5.03. The third kappa shape index (κ3) is 3.92. The van der Waals surface area contributed by atoms with Gasteiger partial charge in [0.25, 0.3) is 0 Å². The van der Waals surface area contributed by atoms with Crippen LogP contribution >= 0.6 is 0 Å². The van der Waals surface area contributed by atoms with Crippen molar-refractivity contribution in [3.63, 3.8) is 0 Å². The molecular weight excluding hydrogens is 200 g/mol. The molecule has 0 amide bonds. The highest BCUT2D eigenvalue weighted by molar-refractivity contribution is 6.70. The first-order chi connectivity index (χ1) is 6.92. The Bertz CT molecular complexity index is 361. The van der Waals surface area contributed by atoms with Crippen molar-refractivity contribution < 1.29 is 4.43 Å². The largest absolute Gasteiger partial charge is 0.544 e. The summed E-state index contributed by atoms with van der Waals surface area (Å²) in [5, 5.41) is 0. The summed E-state index contributed by atoms with van der Waals surface area (Å²) >= 11 is 0. The summed E-state index contributed by atoms with van der Waals surface area (Å²) < 4.78 is 5.92. The first-order valence-electron chi connectivity index (χ1n) is 5.22. The van der Waals surface area contributed by atoms with Gasteiger partial charge < -0.3 is 4.43 Å². The zero-order valence-electron chi connectivity index (χ0n) is 10.2. The van der Waals surface area contributed by atoms with E-state index in [-0.39, 0.29) is 0 Å². The molecule has 2 heteroatoms. The van der Waals surface area contributed by atoms with Crippen molar-refractivity contribution in [3.8, 4) is 5.75 Å². The molecule has 0 spiro atoms. The topological polar surface area (TPSA) is 9.23 Å². The number of hydrogen-bond donors (Lipinski definition) is 0. The Kier molecular flexibility index (Phi) is 3.75. The molecule has 0 unspecified atom stereocenters. The van der Waals surface area contributed by atoms with Gasteiger partial charge in [-0.15, -0.1) is 0 Å². The lowest BCUT2D eigenvalue weighted by Crippen LogP contribution is -2.29. The van der Waals surface area contributed by atoms with E-state index < -0.39 is 8.32 Å². The van der Waals surface area contributed by atoms with Gasteiger partial charge >= 0.3 is 0 Å². The molecule has 0 aliphatic heterocycles. The Hall–Kier alpha value is -1.02. The van der Waals surface area contributed by atoms with Crippen molar-refractivity contribution in [2.45, 2.75) is 33.5 Å². The van der Waals surface area contributed by atoms with E-state index in [0.717, 1.165) is 5.75 Å². The van der Waals surface area contributed by atoms with Gasteiger partial charge in [-0.1, -0.05) is 12.1 Å². The Balaban J connectivity index is 2.92. The van der Waals surface area contributed by atoms with E-state index in [1.54, 1.807) is 0 Å². The van der Waals surface area contributed by atoms with Crippen LogP contribution in [0.15, 0.2) is 18.2 Å². The maximum Gasteiger partial charge on any atom is 0.242 e. The average Bonchev–Trinajstić information content (AvgIpc) is 2.07. The zero-order chi connectivity index (χ0) is 11.5. The third-order valence-electron chi connectivity index (χ3n) is 1.97. The minimum Gasteiger partial charge on any atom is -0.544 e. The van der Waals surface area contributed by atoms with Crippen LogP contribution in [0, 0.1) is 13.0 Å². The second-order valence-electron chi connectivity index (χ2n) is 4.67. The predicted octanol–water partition coefficient (Wildman–Crippen LogP) is 4.05. The normalized spacial score (nSPS) is 12.1. The van der Waals surface area contributed by atoms with E-state index in [0.29, 0.717) is 0 Å². The fraction of sp³-hybridized carbons (Fsp3) is 0.385. The van der Waals surface area contributed by atoms with Crippen LogP contribution in [0.4, 0.5) is 0 Å². The third-order valence-corrected chi connectivity index (χ3v) is 2.81. The molecule has 1 radical (unpaired) electrons. The van der Waals surface area contributed by atoms with Crippen molar-refractivity contribution in [1.82, 2.24) is 0 Å². The Morgan fingerprint density at radius 3 is 2.40 bits per heavy atom. The van der Waals surface area contributed by atoms with Crippen molar-refractivity contribution in [2.24, 2.45) is 0 Å². The van der Waals surface area contributed by atoms with Gasteiger partial charge in [0, 0.05) is 0 Å². The van der Waals surface area contributed by atoms with Crippen LogP contribution in [0.1, 0.15) is 18.1 Å². The minimum absolute atomic E-state index is 0.986. The molecule has 81 valence electrons. The highest BCUT2D eigenvalue weighted by atomic mass is 28.4. The van der Waals surface area contributed by atoms with Gasteiger partial charge in [0.1, 0.15) is 5.75 Å². The Morgan fingerprint density at radius 1 is 1.27 bits per heavy atom. The average molecular weight is 219 g/mol. The Morgan fingerprint density at radius 2 is 1.93 bits per heavy atom. The predicted molar refractivity (Wildman–Crippen MR) is 68.5 cm³/mol. The second kappa shape index (κ2) is 4.66. The van der Waals surface area contributed by atoms with Crippen LogP contribution in [0.3, 0.4) is 0 Å². The lowest BCUT2D eigenvalue weighted by molar-refractivity contribution is 0.557. The van der Waals surface area contributed by atoms with E-state index in [2.05, 4.69) is 44.8 Å². The van der Waals surface area contributed by atoms with Gasteiger partial charge in [-0.3, -0.25) is 0 Å². The summed E-state index contributed by atoms with van der Waals surface area (Å²) in [5.41, 5.74) is 2.44. The molecule has 0 bridgehead atoms. The fourth-order valence-corrected chi connectivity index (χ4v) is 2.22. The number of hydrogen-bond acceptors (Lipinski definition) is 1.